The number of hydrogen-bond acceptors (Lipinski definition) is 7. The molecule has 0 atom stereocenters. The third kappa shape index (κ3) is 7.75. The largest absolute Gasteiger partial charge is 0.493 e. The first-order valence-electron chi connectivity index (χ1n) is 9.61. The molecule has 0 saturated carbocycles. The van der Waals surface area contributed by atoms with Gasteiger partial charge in [-0.25, -0.2) is 9.59 Å². The molecule has 9 heteroatoms. The smallest absolute Gasteiger partial charge is 0.338 e. The lowest BCUT2D eigenvalue weighted by Crippen LogP contribution is -2.42. The molecule has 0 bridgehead atoms. The molecular weight excluding hydrogens is 408 g/mol. The lowest BCUT2D eigenvalue weighted by atomic mass is 10.2. The summed E-state index contributed by atoms with van der Waals surface area (Å²) in [4.78, 5) is 36.8. The number of carbonyl (C=O) groups excluding carboxylic acids is 3. The third-order valence-electron chi connectivity index (χ3n) is 3.98. The fraction of sp³-hybridized carbons (Fsp3) is 0.381. The van der Waals surface area contributed by atoms with Gasteiger partial charge in [-0.05, 0) is 42.5 Å². The number of imide groups is 1. The van der Waals surface area contributed by atoms with Crippen LogP contribution in [-0.2, 0) is 16.0 Å². The predicted molar refractivity (Wildman–Crippen MR) is 113 cm³/mol. The van der Waals surface area contributed by atoms with Crippen LogP contribution < -0.4 is 20.1 Å². The quantitative estimate of drug-likeness (QED) is 0.416. The van der Waals surface area contributed by atoms with Crippen LogP contribution in [0.25, 0.3) is 0 Å². The van der Waals surface area contributed by atoms with E-state index in [-0.39, 0.29) is 5.56 Å². The fourth-order valence-corrected chi connectivity index (χ4v) is 3.12. The number of thiophene rings is 1. The minimum Gasteiger partial charge on any atom is -0.493 e. The lowest BCUT2D eigenvalue weighted by molar-refractivity contribution is -0.123. The second kappa shape index (κ2) is 12.5. The van der Waals surface area contributed by atoms with Gasteiger partial charge in [0.05, 0.1) is 19.3 Å². The van der Waals surface area contributed by atoms with Gasteiger partial charge in [-0.1, -0.05) is 19.4 Å². The van der Waals surface area contributed by atoms with Crippen LogP contribution in [0.15, 0.2) is 35.7 Å². The van der Waals surface area contributed by atoms with Crippen molar-refractivity contribution >= 4 is 29.2 Å². The van der Waals surface area contributed by atoms with Crippen LogP contribution in [0.3, 0.4) is 0 Å². The van der Waals surface area contributed by atoms with E-state index in [9.17, 15) is 14.4 Å². The molecule has 0 radical (unpaired) electrons. The van der Waals surface area contributed by atoms with Gasteiger partial charge in [0.1, 0.15) is 0 Å². The molecular formula is C21H26N2O6S. The zero-order valence-electron chi connectivity index (χ0n) is 17.1. The second-order valence-corrected chi connectivity index (χ2v) is 7.31. The van der Waals surface area contributed by atoms with Crippen LogP contribution in [0.2, 0.25) is 0 Å². The Morgan fingerprint density at radius 2 is 1.97 bits per heavy atom. The summed E-state index contributed by atoms with van der Waals surface area (Å²) in [6.07, 6.45) is 2.58. The number of hydrogen-bond donors (Lipinski definition) is 2. The molecule has 1 aromatic carbocycles. The second-order valence-electron chi connectivity index (χ2n) is 6.28. The van der Waals surface area contributed by atoms with Gasteiger partial charge < -0.3 is 19.5 Å². The molecule has 8 nitrogen and oxygen atoms in total. The van der Waals surface area contributed by atoms with Crippen LogP contribution in [0.4, 0.5) is 4.79 Å². The Morgan fingerprint density at radius 1 is 1.13 bits per heavy atom. The van der Waals surface area contributed by atoms with E-state index in [4.69, 9.17) is 14.2 Å². The van der Waals surface area contributed by atoms with Crippen molar-refractivity contribution in [2.24, 2.45) is 0 Å². The molecule has 0 spiro atoms. The van der Waals surface area contributed by atoms with Gasteiger partial charge in [0.25, 0.3) is 5.91 Å². The molecule has 0 aliphatic carbocycles. The van der Waals surface area contributed by atoms with Gasteiger partial charge in [0, 0.05) is 11.4 Å². The molecule has 1 aromatic heterocycles. The Morgan fingerprint density at radius 3 is 2.67 bits per heavy atom. The number of urea groups is 1. The molecule has 0 unspecified atom stereocenters. The average Bonchev–Trinajstić information content (AvgIpc) is 3.25. The number of rotatable bonds is 11. The van der Waals surface area contributed by atoms with E-state index < -0.39 is 24.5 Å². The molecule has 0 fully saturated rings. The average molecular weight is 435 g/mol. The van der Waals surface area contributed by atoms with E-state index in [1.165, 1.54) is 19.2 Å². The summed E-state index contributed by atoms with van der Waals surface area (Å²) < 4.78 is 15.8. The Hall–Kier alpha value is -3.07. The van der Waals surface area contributed by atoms with E-state index in [0.29, 0.717) is 31.1 Å². The maximum absolute atomic E-state index is 12.2. The number of carbonyl (C=O) groups is 3. The minimum atomic E-state index is -0.719. The highest BCUT2D eigenvalue weighted by atomic mass is 32.1. The Bertz CT molecular complexity index is 838. The van der Waals surface area contributed by atoms with Gasteiger partial charge >= 0.3 is 12.0 Å². The van der Waals surface area contributed by atoms with Crippen molar-refractivity contribution in [3.63, 3.8) is 0 Å². The van der Waals surface area contributed by atoms with Crippen molar-refractivity contribution in [3.05, 3.63) is 46.2 Å². The van der Waals surface area contributed by atoms with E-state index in [1.807, 2.05) is 17.5 Å². The molecule has 2 aromatic rings. The van der Waals surface area contributed by atoms with E-state index in [1.54, 1.807) is 17.4 Å². The van der Waals surface area contributed by atoms with E-state index in [2.05, 4.69) is 17.6 Å². The Kier molecular flexibility index (Phi) is 9.66. The maximum atomic E-state index is 12.2. The number of methoxy groups -OCH3 is 1. The highest BCUT2D eigenvalue weighted by Gasteiger charge is 2.15. The summed E-state index contributed by atoms with van der Waals surface area (Å²) in [5.41, 5.74) is 0.211. The topological polar surface area (TPSA) is 103 Å². The summed E-state index contributed by atoms with van der Waals surface area (Å²) in [7, 11) is 1.47. The number of esters is 1. The lowest BCUT2D eigenvalue weighted by Gasteiger charge is -2.12. The van der Waals surface area contributed by atoms with E-state index >= 15 is 0 Å². The molecule has 1 heterocycles. The number of amides is 3. The van der Waals surface area contributed by atoms with Gasteiger partial charge in [-0.15, -0.1) is 11.3 Å². The van der Waals surface area contributed by atoms with Crippen molar-refractivity contribution in [2.45, 2.75) is 26.2 Å². The number of nitrogens with one attached hydrogen (secondary N) is 2. The predicted octanol–water partition coefficient (Wildman–Crippen LogP) is 3.16. The van der Waals surface area contributed by atoms with Crippen molar-refractivity contribution in [1.29, 1.82) is 0 Å². The van der Waals surface area contributed by atoms with Gasteiger partial charge in [0.15, 0.2) is 18.1 Å². The maximum Gasteiger partial charge on any atom is 0.338 e. The SMILES string of the molecule is CCCCOc1ccc(C(=O)OCC(=O)NC(=O)NCCc2cccs2)cc1OC. The van der Waals surface area contributed by atoms with E-state index in [0.717, 1.165) is 17.7 Å². The van der Waals surface area contributed by atoms with Crippen molar-refractivity contribution in [1.82, 2.24) is 10.6 Å². The molecule has 2 rings (SSSR count). The van der Waals surface area contributed by atoms with Crippen molar-refractivity contribution in [3.8, 4) is 11.5 Å². The fourth-order valence-electron chi connectivity index (χ4n) is 2.42. The summed E-state index contributed by atoms with van der Waals surface area (Å²) >= 11 is 1.59. The molecule has 0 saturated heterocycles. The highest BCUT2D eigenvalue weighted by molar-refractivity contribution is 7.09. The van der Waals surface area contributed by atoms with Crippen LogP contribution in [0.5, 0.6) is 11.5 Å². The summed E-state index contributed by atoms with van der Waals surface area (Å²) in [6.45, 7) is 2.43. The molecule has 0 aliphatic heterocycles. The normalized spacial score (nSPS) is 10.2. The minimum absolute atomic E-state index is 0.211. The number of ether oxygens (including phenoxy) is 3. The van der Waals surface area contributed by atoms with Gasteiger partial charge in [-0.2, -0.15) is 0 Å². The van der Waals surface area contributed by atoms with Crippen LogP contribution >= 0.6 is 11.3 Å². The molecule has 2 N–H and O–H groups in total. The van der Waals surface area contributed by atoms with Crippen molar-refractivity contribution < 1.29 is 28.6 Å². The summed E-state index contributed by atoms with van der Waals surface area (Å²) in [5.74, 6) is -0.500. The third-order valence-corrected chi connectivity index (χ3v) is 4.92. The molecule has 30 heavy (non-hydrogen) atoms. The zero-order valence-corrected chi connectivity index (χ0v) is 17.9. The van der Waals surface area contributed by atoms with Crippen molar-refractivity contribution in [2.75, 3.05) is 26.9 Å². The first kappa shape index (κ1) is 23.2. The van der Waals surface area contributed by atoms with Crippen LogP contribution in [-0.4, -0.2) is 44.8 Å². The van der Waals surface area contributed by atoms with Gasteiger partial charge in [-0.3, -0.25) is 10.1 Å². The van der Waals surface area contributed by atoms with Gasteiger partial charge in [0.2, 0.25) is 0 Å². The summed E-state index contributed by atoms with van der Waals surface area (Å²) in [6, 6.07) is 7.89. The monoisotopic (exact) mass is 434 g/mol. The highest BCUT2D eigenvalue weighted by Crippen LogP contribution is 2.28. The summed E-state index contributed by atoms with van der Waals surface area (Å²) in [5, 5.41) is 6.65. The van der Waals surface area contributed by atoms with Crippen LogP contribution in [0, 0.1) is 0 Å². The molecule has 162 valence electrons. The molecule has 0 aliphatic rings. The van der Waals surface area contributed by atoms with Crippen LogP contribution in [0.1, 0.15) is 35.0 Å². The first-order valence-corrected chi connectivity index (χ1v) is 10.5. The zero-order chi connectivity index (χ0) is 21.8. The molecule has 3 amide bonds. The Labute approximate surface area is 179 Å². The standard InChI is InChI=1S/C21H26N2O6S/c1-3-4-11-28-17-8-7-15(13-18(17)27-2)20(25)29-14-19(24)23-21(26)22-10-9-16-6-5-12-30-16/h5-8,12-13H,3-4,9-11,14H2,1-2H3,(H2,22,23,24,26). The number of unbranched alkanes of at least 4 members (excludes halogenated alkanes) is 1. The Balaban J connectivity index is 1.75. The number of benzene rings is 1. The first-order chi connectivity index (χ1) is 14.5.